The molecule has 0 heteroatoms. The molecule has 0 nitrogen and oxygen atoms in total. The zero-order chi connectivity index (χ0) is 9.52. The van der Waals surface area contributed by atoms with Crippen molar-refractivity contribution in [3.05, 3.63) is 0 Å². The fraction of sp³-hybridized carbons (Fsp3) is 1.00. The second kappa shape index (κ2) is 3.05. The molecule has 0 amide bonds. The van der Waals surface area contributed by atoms with Crippen LogP contribution in [0.15, 0.2) is 0 Å². The highest BCUT2D eigenvalue weighted by atomic mass is 14.5. The highest BCUT2D eigenvalue weighted by Crippen LogP contribution is 2.55. The van der Waals surface area contributed by atoms with Gasteiger partial charge >= 0.3 is 0 Å². The van der Waals surface area contributed by atoms with Gasteiger partial charge in [0.15, 0.2) is 0 Å². The topological polar surface area (TPSA) is 0 Å². The maximum atomic E-state index is 2.47. The highest BCUT2D eigenvalue weighted by Gasteiger charge is 2.48. The highest BCUT2D eigenvalue weighted by molar-refractivity contribution is 4.97. The van der Waals surface area contributed by atoms with Crippen LogP contribution in [0.5, 0.6) is 0 Å². The van der Waals surface area contributed by atoms with Crippen LogP contribution in [-0.2, 0) is 0 Å². The minimum Gasteiger partial charge on any atom is -0.0648 e. The molecule has 0 aromatic heterocycles. The zero-order valence-corrected chi connectivity index (χ0v) is 9.52. The van der Waals surface area contributed by atoms with Crippen LogP contribution in [0.1, 0.15) is 48.0 Å². The Morgan fingerprint density at radius 1 is 0.917 bits per heavy atom. The summed E-state index contributed by atoms with van der Waals surface area (Å²) in [5.41, 5.74) is 0.596. The van der Waals surface area contributed by atoms with E-state index in [9.17, 15) is 0 Å². The molecule has 1 rings (SSSR count). The van der Waals surface area contributed by atoms with Crippen molar-refractivity contribution in [3.63, 3.8) is 0 Å². The molecule has 0 spiro atoms. The van der Waals surface area contributed by atoms with Crippen molar-refractivity contribution in [2.45, 2.75) is 48.0 Å². The van der Waals surface area contributed by atoms with Gasteiger partial charge in [-0.3, -0.25) is 0 Å². The lowest BCUT2D eigenvalue weighted by molar-refractivity contribution is 0.156. The first-order valence-corrected chi connectivity index (χ1v) is 5.45. The van der Waals surface area contributed by atoms with Crippen LogP contribution in [0.3, 0.4) is 0 Å². The summed E-state index contributed by atoms with van der Waals surface area (Å²) in [7, 11) is 0. The third-order valence-electron chi connectivity index (χ3n) is 5.25. The van der Waals surface area contributed by atoms with Crippen molar-refractivity contribution in [1.82, 2.24) is 0 Å². The summed E-state index contributed by atoms with van der Waals surface area (Å²) < 4.78 is 0. The van der Waals surface area contributed by atoms with Gasteiger partial charge in [-0.1, -0.05) is 48.0 Å². The minimum atomic E-state index is 0.596. The number of hydrogen-bond acceptors (Lipinski definition) is 0. The van der Waals surface area contributed by atoms with Gasteiger partial charge in [0.2, 0.25) is 0 Å². The fourth-order valence-electron chi connectivity index (χ4n) is 3.17. The molecule has 1 fully saturated rings. The molecule has 3 unspecified atom stereocenters. The van der Waals surface area contributed by atoms with Crippen molar-refractivity contribution < 1.29 is 0 Å². The van der Waals surface area contributed by atoms with Crippen LogP contribution in [0, 0.1) is 29.1 Å². The van der Waals surface area contributed by atoms with Crippen LogP contribution in [-0.4, -0.2) is 0 Å². The van der Waals surface area contributed by atoms with Crippen molar-refractivity contribution in [3.8, 4) is 0 Å². The largest absolute Gasteiger partial charge is 0.0648 e. The first kappa shape index (κ1) is 10.1. The van der Waals surface area contributed by atoms with Gasteiger partial charge in [0, 0.05) is 0 Å². The van der Waals surface area contributed by atoms with Crippen molar-refractivity contribution >= 4 is 0 Å². The lowest BCUT2D eigenvalue weighted by atomic mass is 9.72. The van der Waals surface area contributed by atoms with Crippen LogP contribution in [0.2, 0.25) is 0 Å². The van der Waals surface area contributed by atoms with E-state index in [0.717, 1.165) is 23.7 Å². The molecule has 0 heterocycles. The van der Waals surface area contributed by atoms with E-state index in [1.54, 1.807) is 0 Å². The molecule has 0 N–H and O–H groups in total. The van der Waals surface area contributed by atoms with Crippen molar-refractivity contribution in [1.29, 1.82) is 0 Å². The molecular weight excluding hydrogens is 144 g/mol. The molecule has 0 aromatic carbocycles. The van der Waals surface area contributed by atoms with E-state index in [-0.39, 0.29) is 0 Å². The molecule has 0 saturated heterocycles. The molecule has 1 saturated carbocycles. The van der Waals surface area contributed by atoms with Gasteiger partial charge in [-0.05, 0) is 29.1 Å². The Morgan fingerprint density at radius 3 is 1.42 bits per heavy atom. The standard InChI is InChI=1S/C12H24/c1-7-12(6)10(4)8(2)9(3)11(12)5/h8-11H,7H2,1-6H3/t8-,9?,10?,11-,12?/m0/s1. The Hall–Kier alpha value is 0. The molecule has 12 heavy (non-hydrogen) atoms. The molecule has 0 radical (unpaired) electrons. The lowest BCUT2D eigenvalue weighted by Crippen LogP contribution is -2.26. The Kier molecular flexibility index (Phi) is 2.56. The van der Waals surface area contributed by atoms with E-state index in [0.29, 0.717) is 5.41 Å². The maximum Gasteiger partial charge on any atom is -0.0272 e. The van der Waals surface area contributed by atoms with Crippen LogP contribution in [0.25, 0.3) is 0 Å². The second-order valence-electron chi connectivity index (χ2n) is 5.15. The molecule has 1 aliphatic rings. The third-order valence-corrected chi connectivity index (χ3v) is 5.25. The fourth-order valence-corrected chi connectivity index (χ4v) is 3.17. The van der Waals surface area contributed by atoms with E-state index < -0.39 is 0 Å². The van der Waals surface area contributed by atoms with Gasteiger partial charge in [0.1, 0.15) is 0 Å². The summed E-state index contributed by atoms with van der Waals surface area (Å²) >= 11 is 0. The number of rotatable bonds is 1. The quantitative estimate of drug-likeness (QED) is 0.556. The maximum absolute atomic E-state index is 2.47. The monoisotopic (exact) mass is 168 g/mol. The summed E-state index contributed by atoms with van der Waals surface area (Å²) in [6.07, 6.45) is 1.34. The summed E-state index contributed by atoms with van der Waals surface area (Å²) in [5.74, 6) is 3.61. The molecule has 0 bridgehead atoms. The average Bonchev–Trinajstić information content (AvgIpc) is 2.22. The van der Waals surface area contributed by atoms with E-state index in [2.05, 4.69) is 41.5 Å². The molecular formula is C12H24. The van der Waals surface area contributed by atoms with E-state index in [4.69, 9.17) is 0 Å². The molecule has 72 valence electrons. The van der Waals surface area contributed by atoms with E-state index in [1.165, 1.54) is 6.42 Å². The van der Waals surface area contributed by atoms with Gasteiger partial charge in [0.25, 0.3) is 0 Å². The normalized spacial score (nSPS) is 54.5. The van der Waals surface area contributed by atoms with Crippen LogP contribution in [0.4, 0.5) is 0 Å². The lowest BCUT2D eigenvalue weighted by Gasteiger charge is -2.33. The summed E-state index contributed by atoms with van der Waals surface area (Å²) in [4.78, 5) is 0. The second-order valence-corrected chi connectivity index (χ2v) is 5.15. The molecule has 0 aromatic rings. The smallest absolute Gasteiger partial charge is 0.0272 e. The Morgan fingerprint density at radius 2 is 1.25 bits per heavy atom. The predicted octanol–water partition coefficient (Wildman–Crippen LogP) is 3.96. The summed E-state index contributed by atoms with van der Waals surface area (Å²) in [6.45, 7) is 14.5. The zero-order valence-electron chi connectivity index (χ0n) is 9.52. The third kappa shape index (κ3) is 1.11. The van der Waals surface area contributed by atoms with E-state index in [1.807, 2.05) is 0 Å². The van der Waals surface area contributed by atoms with Gasteiger partial charge in [-0.25, -0.2) is 0 Å². The van der Waals surface area contributed by atoms with E-state index >= 15 is 0 Å². The van der Waals surface area contributed by atoms with Crippen LogP contribution >= 0.6 is 0 Å². The Bertz CT molecular complexity index is 145. The van der Waals surface area contributed by atoms with Crippen molar-refractivity contribution in [2.75, 3.05) is 0 Å². The summed E-state index contributed by atoms with van der Waals surface area (Å²) in [6, 6.07) is 0. The first-order valence-electron chi connectivity index (χ1n) is 5.45. The number of hydrogen-bond donors (Lipinski definition) is 0. The average molecular weight is 168 g/mol. The van der Waals surface area contributed by atoms with Gasteiger partial charge in [-0.2, -0.15) is 0 Å². The summed E-state index contributed by atoms with van der Waals surface area (Å²) in [5, 5.41) is 0. The molecule has 5 atom stereocenters. The molecule has 1 aliphatic carbocycles. The predicted molar refractivity (Wildman–Crippen MR) is 55.1 cm³/mol. The Labute approximate surface area is 77.7 Å². The minimum absolute atomic E-state index is 0.596. The first-order chi connectivity index (χ1) is 5.45. The Balaban J connectivity index is 2.90. The van der Waals surface area contributed by atoms with Crippen molar-refractivity contribution in [2.24, 2.45) is 29.1 Å². The van der Waals surface area contributed by atoms with Gasteiger partial charge in [-0.15, -0.1) is 0 Å². The molecule has 0 aliphatic heterocycles. The van der Waals surface area contributed by atoms with Crippen LogP contribution < -0.4 is 0 Å². The SMILES string of the molecule is CCC1(C)C(C)[C@@H](C)C(C)[C@@H]1C. The van der Waals surface area contributed by atoms with Gasteiger partial charge in [0.05, 0.1) is 0 Å². The van der Waals surface area contributed by atoms with Gasteiger partial charge < -0.3 is 0 Å².